The van der Waals surface area contributed by atoms with Crippen molar-refractivity contribution in [2.75, 3.05) is 4.72 Å². The van der Waals surface area contributed by atoms with E-state index < -0.39 is 34.2 Å². The van der Waals surface area contributed by atoms with Crippen LogP contribution in [0.25, 0.3) is 11.2 Å². The van der Waals surface area contributed by atoms with Gasteiger partial charge >= 0.3 is 0 Å². The van der Waals surface area contributed by atoms with Crippen molar-refractivity contribution in [2.24, 2.45) is 0 Å². The number of fused-ring (bicyclic) bond motifs is 2. The van der Waals surface area contributed by atoms with Crippen LogP contribution in [0.3, 0.4) is 0 Å². The molecule has 3 aromatic rings. The quantitative estimate of drug-likeness (QED) is 0.667. The number of imidazole rings is 1. The van der Waals surface area contributed by atoms with Crippen LogP contribution in [0.1, 0.15) is 20.1 Å². The Morgan fingerprint density at radius 3 is 2.60 bits per heavy atom. The molecule has 11 heteroatoms. The molecule has 2 fully saturated rings. The second-order valence-electron chi connectivity index (χ2n) is 7.59. The second-order valence-corrected chi connectivity index (χ2v) is 9.28. The summed E-state index contributed by atoms with van der Waals surface area (Å²) in [5, 5.41) is 0. The average molecular weight is 430 g/mol. The minimum atomic E-state index is -3.83. The summed E-state index contributed by atoms with van der Waals surface area (Å²) in [6, 6.07) is 8.03. The van der Waals surface area contributed by atoms with Gasteiger partial charge in [-0.2, -0.15) is 0 Å². The lowest BCUT2D eigenvalue weighted by atomic mass is 10.1. The highest BCUT2D eigenvalue weighted by Crippen LogP contribution is 2.43. The van der Waals surface area contributed by atoms with Crippen molar-refractivity contribution in [1.82, 2.24) is 19.5 Å². The van der Waals surface area contributed by atoms with E-state index in [1.807, 2.05) is 13.8 Å². The normalized spacial score (nSPS) is 28.0. The first-order valence-corrected chi connectivity index (χ1v) is 10.8. The summed E-state index contributed by atoms with van der Waals surface area (Å²) in [5.41, 5.74) is 0.699. The zero-order valence-electron chi connectivity index (χ0n) is 16.3. The van der Waals surface area contributed by atoms with E-state index in [1.54, 1.807) is 22.8 Å². The average Bonchev–Trinajstić information content (AvgIpc) is 3.35. The summed E-state index contributed by atoms with van der Waals surface area (Å²) in [6.45, 7) is 7.67. The molecule has 157 valence electrons. The van der Waals surface area contributed by atoms with Crippen LogP contribution < -0.4 is 4.72 Å². The first kappa shape index (κ1) is 19.4. The van der Waals surface area contributed by atoms with Crippen molar-refractivity contribution in [3.05, 3.63) is 49.9 Å². The van der Waals surface area contributed by atoms with Crippen molar-refractivity contribution in [1.29, 1.82) is 0 Å². The van der Waals surface area contributed by atoms with Crippen LogP contribution in [0.15, 0.2) is 47.9 Å². The van der Waals surface area contributed by atoms with E-state index in [0.717, 1.165) is 0 Å². The molecule has 2 aliphatic heterocycles. The number of ether oxygens (including phenoxy) is 3. The first-order valence-electron chi connectivity index (χ1n) is 9.35. The number of sulfonamides is 1. The summed E-state index contributed by atoms with van der Waals surface area (Å²) in [6.07, 6.45) is 1.05. The Bertz CT molecular complexity index is 1200. The molecule has 5 rings (SSSR count). The Balaban J connectivity index is 1.51. The number of nitrogens with zero attached hydrogens (tertiary/aromatic N) is 4. The van der Waals surface area contributed by atoms with E-state index in [1.165, 1.54) is 24.8 Å². The predicted molar refractivity (Wildman–Crippen MR) is 106 cm³/mol. The van der Waals surface area contributed by atoms with E-state index in [9.17, 15) is 8.42 Å². The molecule has 0 aliphatic carbocycles. The fraction of sp³-hybridized carbons (Fsp3) is 0.368. The van der Waals surface area contributed by atoms with Gasteiger partial charge in [0.25, 0.3) is 10.0 Å². The summed E-state index contributed by atoms with van der Waals surface area (Å²) in [7, 11) is -3.83. The third-order valence-corrected chi connectivity index (χ3v) is 6.40. The highest BCUT2D eigenvalue weighted by molar-refractivity contribution is 7.92. The highest BCUT2D eigenvalue weighted by Gasteiger charge is 2.54. The maximum absolute atomic E-state index is 12.7. The van der Waals surface area contributed by atoms with E-state index in [0.29, 0.717) is 11.2 Å². The molecule has 2 saturated heterocycles. The molecule has 1 radical (unpaired) electrons. The minimum absolute atomic E-state index is 0.0762. The molecule has 10 nitrogen and oxygen atoms in total. The second kappa shape index (κ2) is 6.71. The van der Waals surface area contributed by atoms with E-state index in [-0.39, 0.29) is 16.8 Å². The highest BCUT2D eigenvalue weighted by atomic mass is 32.2. The van der Waals surface area contributed by atoms with Crippen molar-refractivity contribution in [3.63, 3.8) is 0 Å². The lowest BCUT2D eigenvalue weighted by molar-refractivity contribution is -0.191. The van der Waals surface area contributed by atoms with Gasteiger partial charge in [0.05, 0.1) is 17.3 Å². The Morgan fingerprint density at radius 1 is 1.10 bits per heavy atom. The molecule has 0 spiro atoms. The monoisotopic (exact) mass is 430 g/mol. The Morgan fingerprint density at radius 2 is 1.83 bits per heavy atom. The third kappa shape index (κ3) is 3.14. The number of benzene rings is 1. The minimum Gasteiger partial charge on any atom is -0.349 e. The third-order valence-electron chi connectivity index (χ3n) is 5.04. The fourth-order valence-corrected chi connectivity index (χ4v) is 4.82. The molecular weight excluding hydrogens is 410 g/mol. The summed E-state index contributed by atoms with van der Waals surface area (Å²) >= 11 is 0. The van der Waals surface area contributed by atoms with Gasteiger partial charge in [-0.25, -0.2) is 23.4 Å². The molecule has 4 heterocycles. The van der Waals surface area contributed by atoms with Gasteiger partial charge in [-0.15, -0.1) is 0 Å². The van der Waals surface area contributed by atoms with Crippen LogP contribution in [-0.2, 0) is 24.2 Å². The summed E-state index contributed by atoms with van der Waals surface area (Å²) in [5.74, 6) is -0.679. The maximum Gasteiger partial charge on any atom is 0.263 e. The smallest absolute Gasteiger partial charge is 0.263 e. The molecule has 0 unspecified atom stereocenters. The maximum atomic E-state index is 12.7. The lowest BCUT2D eigenvalue weighted by Crippen LogP contribution is -2.27. The molecule has 4 atom stereocenters. The van der Waals surface area contributed by atoms with Gasteiger partial charge in [0, 0.05) is 0 Å². The van der Waals surface area contributed by atoms with Crippen molar-refractivity contribution < 1.29 is 22.6 Å². The van der Waals surface area contributed by atoms with Gasteiger partial charge in [0.2, 0.25) is 0 Å². The Hall–Kier alpha value is -2.60. The van der Waals surface area contributed by atoms with E-state index in [4.69, 9.17) is 14.2 Å². The topological polar surface area (TPSA) is 117 Å². The molecule has 2 aromatic heterocycles. The van der Waals surface area contributed by atoms with Gasteiger partial charge in [-0.1, -0.05) is 18.2 Å². The fourth-order valence-electron chi connectivity index (χ4n) is 3.78. The molecule has 0 bridgehead atoms. The van der Waals surface area contributed by atoms with Gasteiger partial charge in [0.15, 0.2) is 29.0 Å². The zero-order chi connectivity index (χ0) is 21.1. The van der Waals surface area contributed by atoms with Gasteiger partial charge in [0.1, 0.15) is 18.5 Å². The van der Waals surface area contributed by atoms with E-state index in [2.05, 4.69) is 26.6 Å². The number of hydrogen-bond donors (Lipinski definition) is 1. The van der Waals surface area contributed by atoms with Crippen molar-refractivity contribution >= 4 is 27.0 Å². The number of anilines is 1. The number of hydrogen-bond acceptors (Lipinski definition) is 8. The molecule has 30 heavy (non-hydrogen) atoms. The van der Waals surface area contributed by atoms with Gasteiger partial charge in [-0.3, -0.25) is 9.29 Å². The first-order chi connectivity index (χ1) is 14.3. The molecule has 1 aromatic carbocycles. The number of rotatable bonds is 4. The van der Waals surface area contributed by atoms with Crippen LogP contribution in [-0.4, -0.2) is 52.0 Å². The van der Waals surface area contributed by atoms with Crippen LogP contribution in [0.5, 0.6) is 0 Å². The molecular formula is C19H20N5O5S. The van der Waals surface area contributed by atoms with Gasteiger partial charge < -0.3 is 14.2 Å². The largest absolute Gasteiger partial charge is 0.349 e. The molecule has 2 aliphatic rings. The molecule has 0 saturated carbocycles. The van der Waals surface area contributed by atoms with Crippen LogP contribution in [0, 0.1) is 6.92 Å². The van der Waals surface area contributed by atoms with Crippen LogP contribution in [0.2, 0.25) is 0 Å². The number of aromatic nitrogens is 4. The van der Waals surface area contributed by atoms with Gasteiger partial charge in [-0.05, 0) is 32.9 Å². The SMILES string of the molecule is [CH2][C@H]1O[C@@H](n2cnc3c(NS(=O)(=O)c4ccccc4)ncnc32)[C@@H]2OC(C)(C)O[C@@H]21. The van der Waals surface area contributed by atoms with Crippen molar-refractivity contribution in [2.45, 2.75) is 49.1 Å². The van der Waals surface area contributed by atoms with E-state index >= 15 is 0 Å². The number of nitrogens with one attached hydrogen (secondary N) is 1. The molecule has 1 N–H and O–H groups in total. The standard InChI is InChI=1S/C19H20N5O5S/c1-11-14-15(29-19(2,3)28-14)18(27-11)24-10-22-13-16(20-9-21-17(13)24)23-30(25,26)12-7-5-4-6-8-12/h4-11,14-15,18H,1H2,2-3H3,(H,20,21,23)/t11-,14-,15-,18-/m1/s1. The Labute approximate surface area is 173 Å². The van der Waals surface area contributed by atoms with Crippen LogP contribution in [0.4, 0.5) is 5.82 Å². The lowest BCUT2D eigenvalue weighted by Gasteiger charge is -2.23. The van der Waals surface area contributed by atoms with Crippen LogP contribution >= 0.6 is 0 Å². The summed E-state index contributed by atoms with van der Waals surface area (Å²) in [4.78, 5) is 12.8. The molecule has 0 amide bonds. The zero-order valence-corrected chi connectivity index (χ0v) is 17.1. The summed E-state index contributed by atoms with van der Waals surface area (Å²) < 4.78 is 47.4. The van der Waals surface area contributed by atoms with Crippen molar-refractivity contribution in [3.8, 4) is 0 Å². The Kier molecular flexibility index (Phi) is 4.33. The predicted octanol–water partition coefficient (Wildman–Crippen LogP) is 1.88.